The van der Waals surface area contributed by atoms with E-state index < -0.39 is 11.6 Å². The second-order valence-corrected chi connectivity index (χ2v) is 3.28. The molecule has 0 spiro atoms. The molecule has 1 aromatic rings. The third-order valence-electron chi connectivity index (χ3n) is 2.14. The van der Waals surface area contributed by atoms with Crippen LogP contribution < -0.4 is 5.73 Å². The molecule has 0 amide bonds. The molecule has 0 aliphatic heterocycles. The zero-order chi connectivity index (χ0) is 10.8. The van der Waals surface area contributed by atoms with Crippen molar-refractivity contribution >= 4 is 5.97 Å². The number of carbonyl (C=O) groups is 1. The monoisotopic (exact) mass is 195 g/mol. The summed E-state index contributed by atoms with van der Waals surface area (Å²) in [5, 5.41) is 18.4. The van der Waals surface area contributed by atoms with Crippen molar-refractivity contribution in [3.05, 3.63) is 35.4 Å². The number of aliphatic carboxylic acids is 1. The summed E-state index contributed by atoms with van der Waals surface area (Å²) in [5.74, 6) is -1.27. The predicted octanol–water partition coefficient (Wildman–Crippen LogP) is 0.437. The summed E-state index contributed by atoms with van der Waals surface area (Å²) >= 11 is 0. The third-order valence-corrected chi connectivity index (χ3v) is 2.14. The highest BCUT2D eigenvalue weighted by molar-refractivity contribution is 5.78. The number of benzene rings is 1. The summed E-state index contributed by atoms with van der Waals surface area (Å²) in [5.41, 5.74) is 4.69. The van der Waals surface area contributed by atoms with E-state index in [0.29, 0.717) is 12.1 Å². The highest BCUT2D eigenvalue weighted by Crippen LogP contribution is 2.21. The topological polar surface area (TPSA) is 83.5 Å². The first-order chi connectivity index (χ1) is 6.48. The Kier molecular flexibility index (Phi) is 2.88. The average Bonchev–Trinajstić information content (AvgIpc) is 2.17. The van der Waals surface area contributed by atoms with Gasteiger partial charge in [0.15, 0.2) is 5.60 Å². The van der Waals surface area contributed by atoms with Crippen LogP contribution in [0.4, 0.5) is 0 Å². The number of hydrogen-bond donors (Lipinski definition) is 3. The number of hydrogen-bond acceptors (Lipinski definition) is 3. The van der Waals surface area contributed by atoms with Crippen LogP contribution in [0.5, 0.6) is 0 Å². The fourth-order valence-corrected chi connectivity index (χ4v) is 1.12. The lowest BCUT2D eigenvalue weighted by atomic mass is 9.95. The molecule has 14 heavy (non-hydrogen) atoms. The zero-order valence-corrected chi connectivity index (χ0v) is 7.90. The summed E-state index contributed by atoms with van der Waals surface area (Å²) in [6.07, 6.45) is 0. The Hall–Kier alpha value is -1.39. The molecule has 0 heterocycles. The summed E-state index contributed by atoms with van der Waals surface area (Å²) in [7, 11) is 0. The molecule has 4 N–H and O–H groups in total. The van der Waals surface area contributed by atoms with E-state index in [-0.39, 0.29) is 0 Å². The average molecular weight is 195 g/mol. The normalized spacial score (nSPS) is 14.8. The lowest BCUT2D eigenvalue weighted by molar-refractivity contribution is -0.157. The van der Waals surface area contributed by atoms with Crippen molar-refractivity contribution in [1.29, 1.82) is 0 Å². The van der Waals surface area contributed by atoms with Gasteiger partial charge in [0.25, 0.3) is 0 Å². The smallest absolute Gasteiger partial charge is 0.340 e. The van der Waals surface area contributed by atoms with Crippen LogP contribution in [0.25, 0.3) is 0 Å². The molecule has 4 nitrogen and oxygen atoms in total. The van der Waals surface area contributed by atoms with Crippen LogP contribution in [0, 0.1) is 0 Å². The molecule has 0 saturated heterocycles. The number of aliphatic hydroxyl groups is 1. The van der Waals surface area contributed by atoms with Crippen molar-refractivity contribution < 1.29 is 15.0 Å². The first-order valence-corrected chi connectivity index (χ1v) is 4.23. The molecule has 1 rings (SSSR count). The summed E-state index contributed by atoms with van der Waals surface area (Å²) in [6, 6.07) is 6.61. The minimum absolute atomic E-state index is 0.323. The fraction of sp³-hybridized carbons (Fsp3) is 0.300. The molecule has 0 radical (unpaired) electrons. The van der Waals surface area contributed by atoms with E-state index in [4.69, 9.17) is 10.8 Å². The van der Waals surface area contributed by atoms with Crippen molar-refractivity contribution in [3.63, 3.8) is 0 Å². The predicted molar refractivity (Wildman–Crippen MR) is 51.5 cm³/mol. The molecule has 0 saturated carbocycles. The van der Waals surface area contributed by atoms with Gasteiger partial charge >= 0.3 is 5.97 Å². The maximum absolute atomic E-state index is 10.7. The van der Waals surface area contributed by atoms with E-state index >= 15 is 0 Å². The Bertz CT molecular complexity index is 347. The molecule has 0 fully saturated rings. The van der Waals surface area contributed by atoms with E-state index in [1.54, 1.807) is 24.3 Å². The van der Waals surface area contributed by atoms with Crippen LogP contribution in [0.1, 0.15) is 18.1 Å². The minimum atomic E-state index is -1.86. The number of nitrogens with two attached hydrogens (primary N) is 1. The quantitative estimate of drug-likeness (QED) is 0.653. The molecular formula is C10H13NO3. The lowest BCUT2D eigenvalue weighted by Gasteiger charge is -2.18. The fourth-order valence-electron chi connectivity index (χ4n) is 1.12. The Morgan fingerprint density at radius 3 is 2.71 bits per heavy atom. The second-order valence-electron chi connectivity index (χ2n) is 3.28. The summed E-state index contributed by atoms with van der Waals surface area (Å²) in [6.45, 7) is 1.56. The van der Waals surface area contributed by atoms with Crippen LogP contribution in [0.15, 0.2) is 24.3 Å². The number of rotatable bonds is 3. The van der Waals surface area contributed by atoms with E-state index in [2.05, 4.69) is 0 Å². The van der Waals surface area contributed by atoms with E-state index in [1.165, 1.54) is 6.92 Å². The van der Waals surface area contributed by atoms with Crippen LogP contribution >= 0.6 is 0 Å². The highest BCUT2D eigenvalue weighted by Gasteiger charge is 2.31. The van der Waals surface area contributed by atoms with Crippen molar-refractivity contribution in [2.75, 3.05) is 0 Å². The maximum Gasteiger partial charge on any atom is 0.340 e. The van der Waals surface area contributed by atoms with Crippen LogP contribution in [0.3, 0.4) is 0 Å². The minimum Gasteiger partial charge on any atom is -0.479 e. The largest absolute Gasteiger partial charge is 0.479 e. The van der Waals surface area contributed by atoms with Gasteiger partial charge in [-0.3, -0.25) is 0 Å². The Morgan fingerprint density at radius 1 is 1.57 bits per heavy atom. The third kappa shape index (κ3) is 1.92. The molecule has 0 bridgehead atoms. The van der Waals surface area contributed by atoms with Gasteiger partial charge in [-0.05, 0) is 18.1 Å². The molecule has 0 aliphatic rings. The SMILES string of the molecule is CC(O)(C(=O)O)c1cccc(CN)c1. The zero-order valence-electron chi connectivity index (χ0n) is 7.90. The van der Waals surface area contributed by atoms with Gasteiger partial charge in [0, 0.05) is 6.54 Å². The molecule has 1 aromatic carbocycles. The standard InChI is InChI=1S/C10H13NO3/c1-10(14,9(12)13)8-4-2-3-7(5-8)6-11/h2-5,14H,6,11H2,1H3,(H,12,13). The first-order valence-electron chi connectivity index (χ1n) is 4.23. The van der Waals surface area contributed by atoms with Gasteiger partial charge in [-0.2, -0.15) is 0 Å². The van der Waals surface area contributed by atoms with Gasteiger partial charge in [-0.15, -0.1) is 0 Å². The van der Waals surface area contributed by atoms with Gasteiger partial charge in [0.1, 0.15) is 0 Å². The van der Waals surface area contributed by atoms with Crippen LogP contribution in [-0.2, 0) is 16.9 Å². The molecule has 0 aliphatic carbocycles. The summed E-state index contributed by atoms with van der Waals surface area (Å²) < 4.78 is 0. The summed E-state index contributed by atoms with van der Waals surface area (Å²) in [4.78, 5) is 10.7. The van der Waals surface area contributed by atoms with Gasteiger partial charge in [0.05, 0.1) is 0 Å². The molecule has 76 valence electrons. The van der Waals surface area contributed by atoms with Crippen molar-refractivity contribution in [1.82, 2.24) is 0 Å². The molecule has 4 heteroatoms. The number of carboxylic acids is 1. The van der Waals surface area contributed by atoms with Gasteiger partial charge in [-0.25, -0.2) is 4.79 Å². The van der Waals surface area contributed by atoms with Crippen molar-refractivity contribution in [2.45, 2.75) is 19.1 Å². The number of carboxylic acid groups (broad SMARTS) is 1. The van der Waals surface area contributed by atoms with Gasteiger partial charge < -0.3 is 15.9 Å². The first kappa shape index (κ1) is 10.7. The lowest BCUT2D eigenvalue weighted by Crippen LogP contribution is -2.31. The Labute approximate surface area is 82.0 Å². The van der Waals surface area contributed by atoms with Gasteiger partial charge in [-0.1, -0.05) is 24.3 Å². The molecular weight excluding hydrogens is 182 g/mol. The highest BCUT2D eigenvalue weighted by atomic mass is 16.4. The van der Waals surface area contributed by atoms with Crippen LogP contribution in [-0.4, -0.2) is 16.2 Å². The van der Waals surface area contributed by atoms with Gasteiger partial charge in [0.2, 0.25) is 0 Å². The van der Waals surface area contributed by atoms with Crippen molar-refractivity contribution in [2.24, 2.45) is 5.73 Å². The Balaban J connectivity index is 3.12. The van der Waals surface area contributed by atoms with Crippen LogP contribution in [0.2, 0.25) is 0 Å². The Morgan fingerprint density at radius 2 is 2.21 bits per heavy atom. The second kappa shape index (κ2) is 3.77. The van der Waals surface area contributed by atoms with E-state index in [9.17, 15) is 9.90 Å². The molecule has 0 aromatic heterocycles. The van der Waals surface area contributed by atoms with E-state index in [1.807, 2.05) is 0 Å². The molecule has 1 unspecified atom stereocenters. The van der Waals surface area contributed by atoms with E-state index in [0.717, 1.165) is 5.56 Å². The molecule has 1 atom stereocenters. The van der Waals surface area contributed by atoms with Crippen molar-refractivity contribution in [3.8, 4) is 0 Å². The maximum atomic E-state index is 10.7.